The van der Waals surface area contributed by atoms with E-state index in [0.29, 0.717) is 11.8 Å². The first kappa shape index (κ1) is 8.61. The van der Waals surface area contributed by atoms with Crippen LogP contribution in [-0.4, -0.2) is 6.61 Å². The Morgan fingerprint density at radius 1 is 1.31 bits per heavy atom. The van der Waals surface area contributed by atoms with E-state index in [1.807, 2.05) is 0 Å². The van der Waals surface area contributed by atoms with Crippen molar-refractivity contribution in [3.63, 3.8) is 0 Å². The maximum atomic E-state index is 5.66. The van der Waals surface area contributed by atoms with E-state index in [2.05, 4.69) is 39.0 Å². The molecule has 0 bridgehead atoms. The minimum absolute atomic E-state index is 0.628. The van der Waals surface area contributed by atoms with Gasteiger partial charge in [0.05, 0.1) is 6.61 Å². The molecule has 70 valence electrons. The summed E-state index contributed by atoms with van der Waals surface area (Å²) in [5.41, 5.74) is 2.70. The highest BCUT2D eigenvalue weighted by atomic mass is 16.5. The first-order valence-corrected chi connectivity index (χ1v) is 4.92. The van der Waals surface area contributed by atoms with E-state index in [0.717, 1.165) is 12.4 Å². The van der Waals surface area contributed by atoms with E-state index in [1.165, 1.54) is 11.1 Å². The summed E-state index contributed by atoms with van der Waals surface area (Å²) in [7, 11) is 0. The minimum Gasteiger partial charge on any atom is -0.493 e. The van der Waals surface area contributed by atoms with Crippen molar-refractivity contribution in [1.29, 1.82) is 0 Å². The standard InChI is InChI=1S/C12H16O/c1-8-4-5-12-11(6-8)10(3)9(2)7-13-12/h4-6,9-10H,7H2,1-3H3/t9-,10+/m0/s1. The summed E-state index contributed by atoms with van der Waals surface area (Å²) < 4.78 is 5.66. The van der Waals surface area contributed by atoms with Crippen LogP contribution in [0.25, 0.3) is 0 Å². The number of ether oxygens (including phenoxy) is 1. The quantitative estimate of drug-likeness (QED) is 0.590. The Morgan fingerprint density at radius 2 is 2.08 bits per heavy atom. The number of aryl methyl sites for hydroxylation is 1. The molecule has 0 unspecified atom stereocenters. The van der Waals surface area contributed by atoms with E-state index < -0.39 is 0 Å². The van der Waals surface area contributed by atoms with E-state index in [4.69, 9.17) is 4.74 Å². The average Bonchev–Trinajstić information content (AvgIpc) is 2.12. The molecular formula is C12H16O. The van der Waals surface area contributed by atoms with E-state index in [9.17, 15) is 0 Å². The van der Waals surface area contributed by atoms with Gasteiger partial charge >= 0.3 is 0 Å². The highest BCUT2D eigenvalue weighted by molar-refractivity contribution is 5.40. The van der Waals surface area contributed by atoms with Gasteiger partial charge in [-0.2, -0.15) is 0 Å². The zero-order chi connectivity index (χ0) is 9.42. The number of benzene rings is 1. The van der Waals surface area contributed by atoms with Gasteiger partial charge in [0.1, 0.15) is 5.75 Å². The van der Waals surface area contributed by atoms with E-state index >= 15 is 0 Å². The van der Waals surface area contributed by atoms with Gasteiger partial charge in [-0.3, -0.25) is 0 Å². The van der Waals surface area contributed by atoms with Crippen LogP contribution in [0.2, 0.25) is 0 Å². The molecule has 1 heteroatoms. The van der Waals surface area contributed by atoms with Crippen molar-refractivity contribution in [2.24, 2.45) is 5.92 Å². The molecule has 1 heterocycles. The fourth-order valence-corrected chi connectivity index (χ4v) is 1.83. The summed E-state index contributed by atoms with van der Waals surface area (Å²) in [5, 5.41) is 0. The van der Waals surface area contributed by atoms with Crippen molar-refractivity contribution in [2.75, 3.05) is 6.61 Å². The van der Waals surface area contributed by atoms with Gasteiger partial charge in [-0.05, 0) is 30.4 Å². The van der Waals surface area contributed by atoms with Crippen LogP contribution in [0, 0.1) is 12.8 Å². The molecule has 1 aliphatic heterocycles. The summed E-state index contributed by atoms with van der Waals surface area (Å²) in [4.78, 5) is 0. The van der Waals surface area contributed by atoms with E-state index in [-0.39, 0.29) is 0 Å². The Morgan fingerprint density at radius 3 is 2.85 bits per heavy atom. The first-order valence-electron chi connectivity index (χ1n) is 4.92. The lowest BCUT2D eigenvalue weighted by molar-refractivity contribution is 0.211. The SMILES string of the molecule is Cc1ccc2c(c1)[C@H](C)[C@@H](C)CO2. The Balaban J connectivity index is 2.45. The Kier molecular flexibility index (Phi) is 2.03. The zero-order valence-corrected chi connectivity index (χ0v) is 8.50. The lowest BCUT2D eigenvalue weighted by Crippen LogP contribution is -2.21. The molecule has 1 aromatic rings. The molecule has 0 saturated heterocycles. The van der Waals surface area contributed by atoms with Gasteiger partial charge in [-0.1, -0.05) is 31.5 Å². The molecule has 0 spiro atoms. The first-order chi connectivity index (χ1) is 6.18. The van der Waals surface area contributed by atoms with Crippen LogP contribution >= 0.6 is 0 Å². The molecule has 1 aliphatic rings. The molecule has 0 saturated carbocycles. The molecule has 0 amide bonds. The van der Waals surface area contributed by atoms with Crippen LogP contribution in [0.4, 0.5) is 0 Å². The second kappa shape index (κ2) is 3.06. The van der Waals surface area contributed by atoms with Gasteiger partial charge in [0.25, 0.3) is 0 Å². The fourth-order valence-electron chi connectivity index (χ4n) is 1.83. The van der Waals surface area contributed by atoms with E-state index in [1.54, 1.807) is 0 Å². The van der Waals surface area contributed by atoms with Crippen LogP contribution in [0.1, 0.15) is 30.9 Å². The lowest BCUT2D eigenvalue weighted by Gasteiger charge is -2.29. The summed E-state index contributed by atoms with van der Waals surface area (Å²) in [6.07, 6.45) is 0. The summed E-state index contributed by atoms with van der Waals surface area (Å²) in [6, 6.07) is 6.45. The molecule has 0 fully saturated rings. The highest BCUT2D eigenvalue weighted by Gasteiger charge is 2.23. The molecule has 1 aromatic carbocycles. The minimum atomic E-state index is 0.628. The third-order valence-electron chi connectivity index (χ3n) is 3.01. The predicted octanol–water partition coefficient (Wildman–Crippen LogP) is 3.13. The average molecular weight is 176 g/mol. The van der Waals surface area contributed by atoms with Crippen molar-refractivity contribution < 1.29 is 4.74 Å². The number of hydrogen-bond acceptors (Lipinski definition) is 1. The van der Waals surface area contributed by atoms with Gasteiger partial charge < -0.3 is 4.74 Å². The summed E-state index contributed by atoms with van der Waals surface area (Å²) >= 11 is 0. The Bertz CT molecular complexity index is 317. The van der Waals surface area contributed by atoms with Crippen LogP contribution in [0.5, 0.6) is 5.75 Å². The largest absolute Gasteiger partial charge is 0.493 e. The molecule has 2 atom stereocenters. The molecule has 0 aromatic heterocycles. The van der Waals surface area contributed by atoms with Gasteiger partial charge in [-0.25, -0.2) is 0 Å². The monoisotopic (exact) mass is 176 g/mol. The molecule has 2 rings (SSSR count). The second-order valence-electron chi connectivity index (χ2n) is 4.12. The van der Waals surface area contributed by atoms with Crippen LogP contribution in [-0.2, 0) is 0 Å². The van der Waals surface area contributed by atoms with Crippen LogP contribution < -0.4 is 4.74 Å². The van der Waals surface area contributed by atoms with Crippen molar-refractivity contribution in [1.82, 2.24) is 0 Å². The molecule has 0 aliphatic carbocycles. The molecule has 1 nitrogen and oxygen atoms in total. The molecule has 13 heavy (non-hydrogen) atoms. The lowest BCUT2D eigenvalue weighted by atomic mass is 9.86. The Hall–Kier alpha value is -0.980. The fraction of sp³-hybridized carbons (Fsp3) is 0.500. The van der Waals surface area contributed by atoms with Crippen LogP contribution in [0.3, 0.4) is 0 Å². The maximum Gasteiger partial charge on any atom is 0.122 e. The highest BCUT2D eigenvalue weighted by Crippen LogP contribution is 2.36. The summed E-state index contributed by atoms with van der Waals surface area (Å²) in [5.74, 6) is 2.34. The van der Waals surface area contributed by atoms with Gasteiger partial charge in [0, 0.05) is 0 Å². The van der Waals surface area contributed by atoms with Crippen molar-refractivity contribution in [3.8, 4) is 5.75 Å². The number of hydrogen-bond donors (Lipinski definition) is 0. The topological polar surface area (TPSA) is 9.23 Å². The van der Waals surface area contributed by atoms with Crippen molar-refractivity contribution >= 4 is 0 Å². The number of fused-ring (bicyclic) bond motifs is 1. The maximum absolute atomic E-state index is 5.66. The van der Waals surface area contributed by atoms with Crippen molar-refractivity contribution in [3.05, 3.63) is 29.3 Å². The third kappa shape index (κ3) is 1.43. The van der Waals surface area contributed by atoms with Crippen LogP contribution in [0.15, 0.2) is 18.2 Å². The van der Waals surface area contributed by atoms with Gasteiger partial charge in [0.2, 0.25) is 0 Å². The third-order valence-corrected chi connectivity index (χ3v) is 3.01. The zero-order valence-electron chi connectivity index (χ0n) is 8.50. The van der Waals surface area contributed by atoms with Gasteiger partial charge in [-0.15, -0.1) is 0 Å². The molecular weight excluding hydrogens is 160 g/mol. The smallest absolute Gasteiger partial charge is 0.122 e. The molecule has 0 radical (unpaired) electrons. The predicted molar refractivity (Wildman–Crippen MR) is 54.3 cm³/mol. The normalized spacial score (nSPS) is 26.4. The number of rotatable bonds is 0. The summed E-state index contributed by atoms with van der Waals surface area (Å²) in [6.45, 7) is 7.52. The van der Waals surface area contributed by atoms with Gasteiger partial charge in [0.15, 0.2) is 0 Å². The van der Waals surface area contributed by atoms with Crippen molar-refractivity contribution in [2.45, 2.75) is 26.7 Å². The molecule has 0 N–H and O–H groups in total. The second-order valence-corrected chi connectivity index (χ2v) is 4.12. The Labute approximate surface area is 79.7 Å².